The second kappa shape index (κ2) is 7.40. The molecule has 24 heavy (non-hydrogen) atoms. The van der Waals surface area contributed by atoms with Crippen LogP contribution in [0.3, 0.4) is 0 Å². The standard InChI is InChI=1S/C17H33N5O2/c1-12(2)22-14(24)10-21(11-17(22,6)7)15(18-8)19-9-13(23)20-16(3,4)5/h12H,9-11H2,1-8H3,(H,18,19)(H,20,23). The van der Waals surface area contributed by atoms with E-state index in [4.69, 9.17) is 0 Å². The van der Waals surface area contributed by atoms with Crippen molar-refractivity contribution in [3.05, 3.63) is 0 Å². The van der Waals surface area contributed by atoms with Crippen LogP contribution in [-0.4, -0.2) is 71.4 Å². The van der Waals surface area contributed by atoms with Crippen LogP contribution in [0, 0.1) is 0 Å². The van der Waals surface area contributed by atoms with Crippen LogP contribution in [0.5, 0.6) is 0 Å². The van der Waals surface area contributed by atoms with Gasteiger partial charge in [-0.3, -0.25) is 14.6 Å². The fourth-order valence-electron chi connectivity index (χ4n) is 3.27. The number of nitrogens with one attached hydrogen (secondary N) is 2. The molecule has 2 amide bonds. The number of rotatable bonds is 3. The van der Waals surface area contributed by atoms with E-state index >= 15 is 0 Å². The van der Waals surface area contributed by atoms with E-state index in [2.05, 4.69) is 29.5 Å². The summed E-state index contributed by atoms with van der Waals surface area (Å²) in [5.41, 5.74) is -0.572. The van der Waals surface area contributed by atoms with E-state index < -0.39 is 0 Å². The lowest BCUT2D eigenvalue weighted by Gasteiger charge is -2.49. The van der Waals surface area contributed by atoms with Crippen molar-refractivity contribution in [1.82, 2.24) is 20.4 Å². The molecule has 1 saturated heterocycles. The molecule has 1 heterocycles. The third-order valence-electron chi connectivity index (χ3n) is 3.77. The fraction of sp³-hybridized carbons (Fsp3) is 0.824. The van der Waals surface area contributed by atoms with Crippen LogP contribution in [-0.2, 0) is 9.59 Å². The maximum absolute atomic E-state index is 12.5. The molecule has 7 nitrogen and oxygen atoms in total. The number of carbonyl (C=O) groups excluding carboxylic acids is 2. The zero-order chi connectivity index (χ0) is 18.7. The van der Waals surface area contributed by atoms with Gasteiger partial charge in [-0.15, -0.1) is 0 Å². The molecule has 0 atom stereocenters. The highest BCUT2D eigenvalue weighted by atomic mass is 16.2. The number of nitrogens with zero attached hydrogens (tertiary/aromatic N) is 3. The van der Waals surface area contributed by atoms with Gasteiger partial charge in [0.25, 0.3) is 0 Å². The Morgan fingerprint density at radius 1 is 1.33 bits per heavy atom. The lowest BCUT2D eigenvalue weighted by molar-refractivity contribution is -0.145. The third kappa shape index (κ3) is 5.39. The summed E-state index contributed by atoms with van der Waals surface area (Å²) in [4.78, 5) is 32.6. The first kappa shape index (κ1) is 20.3. The molecule has 0 aromatic rings. The molecule has 0 unspecified atom stereocenters. The van der Waals surface area contributed by atoms with Crippen molar-refractivity contribution in [3.63, 3.8) is 0 Å². The summed E-state index contributed by atoms with van der Waals surface area (Å²) in [7, 11) is 1.66. The SMILES string of the molecule is CN=C(NCC(=O)NC(C)(C)C)N1CC(=O)N(C(C)C)C(C)(C)C1. The first-order valence-electron chi connectivity index (χ1n) is 8.46. The maximum Gasteiger partial charge on any atom is 0.242 e. The van der Waals surface area contributed by atoms with Crippen LogP contribution in [0.4, 0.5) is 0 Å². The number of guanidine groups is 1. The van der Waals surface area contributed by atoms with Crippen LogP contribution >= 0.6 is 0 Å². The number of aliphatic imine (C=N–C) groups is 1. The van der Waals surface area contributed by atoms with Crippen molar-refractivity contribution in [2.45, 2.75) is 65.6 Å². The number of carbonyl (C=O) groups is 2. The van der Waals surface area contributed by atoms with Gasteiger partial charge in [0, 0.05) is 25.2 Å². The highest BCUT2D eigenvalue weighted by molar-refractivity contribution is 5.90. The molecular weight excluding hydrogens is 306 g/mol. The second-order valence-electron chi connectivity index (χ2n) is 8.22. The number of hydrogen-bond acceptors (Lipinski definition) is 3. The Morgan fingerprint density at radius 3 is 2.33 bits per heavy atom. The summed E-state index contributed by atoms with van der Waals surface area (Å²) in [5, 5.41) is 5.96. The third-order valence-corrected chi connectivity index (χ3v) is 3.77. The van der Waals surface area contributed by atoms with Gasteiger partial charge in [-0.05, 0) is 48.5 Å². The minimum Gasteiger partial charge on any atom is -0.350 e. The van der Waals surface area contributed by atoms with Gasteiger partial charge >= 0.3 is 0 Å². The van der Waals surface area contributed by atoms with Crippen molar-refractivity contribution >= 4 is 17.8 Å². The van der Waals surface area contributed by atoms with Crippen molar-refractivity contribution in [2.24, 2.45) is 4.99 Å². The summed E-state index contributed by atoms with van der Waals surface area (Å²) in [6, 6.07) is 0.155. The van der Waals surface area contributed by atoms with Crippen molar-refractivity contribution in [2.75, 3.05) is 26.7 Å². The van der Waals surface area contributed by atoms with Crippen molar-refractivity contribution < 1.29 is 9.59 Å². The topological polar surface area (TPSA) is 77.0 Å². The Labute approximate surface area is 145 Å². The quantitative estimate of drug-likeness (QED) is 0.589. The Hall–Kier alpha value is -1.79. The number of amides is 2. The summed E-state index contributed by atoms with van der Waals surface area (Å²) < 4.78 is 0. The van der Waals surface area contributed by atoms with Crippen molar-refractivity contribution in [1.29, 1.82) is 0 Å². The molecule has 0 aromatic carbocycles. The monoisotopic (exact) mass is 339 g/mol. The van der Waals surface area contributed by atoms with Crippen LogP contribution in [0.25, 0.3) is 0 Å². The van der Waals surface area contributed by atoms with Gasteiger partial charge in [-0.2, -0.15) is 0 Å². The predicted octanol–water partition coefficient (Wildman–Crippen LogP) is 0.808. The molecular formula is C17H33N5O2. The first-order chi connectivity index (χ1) is 10.9. The molecule has 2 N–H and O–H groups in total. The molecule has 1 aliphatic rings. The van der Waals surface area contributed by atoms with Gasteiger partial charge in [0.1, 0.15) is 0 Å². The predicted molar refractivity (Wildman–Crippen MR) is 96.9 cm³/mol. The Balaban J connectivity index is 2.74. The van der Waals surface area contributed by atoms with Gasteiger partial charge in [0.2, 0.25) is 11.8 Å². The molecule has 0 aliphatic carbocycles. The van der Waals surface area contributed by atoms with E-state index in [-0.39, 0.29) is 42.0 Å². The smallest absolute Gasteiger partial charge is 0.242 e. The lowest BCUT2D eigenvalue weighted by Crippen LogP contribution is -2.66. The Bertz CT molecular complexity index is 506. The van der Waals surface area contributed by atoms with E-state index in [9.17, 15) is 9.59 Å². The molecule has 1 rings (SSSR count). The second-order valence-corrected chi connectivity index (χ2v) is 8.22. The van der Waals surface area contributed by atoms with E-state index in [1.807, 2.05) is 44.4 Å². The minimum absolute atomic E-state index is 0.0725. The Kier molecular flexibility index (Phi) is 6.25. The molecule has 1 fully saturated rings. The van der Waals surface area contributed by atoms with Crippen molar-refractivity contribution in [3.8, 4) is 0 Å². The zero-order valence-corrected chi connectivity index (χ0v) is 16.4. The largest absolute Gasteiger partial charge is 0.350 e. The van der Waals surface area contributed by atoms with Gasteiger partial charge in [-0.1, -0.05) is 0 Å². The highest BCUT2D eigenvalue weighted by Gasteiger charge is 2.40. The maximum atomic E-state index is 12.5. The molecule has 0 bridgehead atoms. The molecule has 7 heteroatoms. The average Bonchev–Trinajstić information content (AvgIpc) is 2.34. The first-order valence-corrected chi connectivity index (χ1v) is 8.46. The van der Waals surface area contributed by atoms with E-state index in [0.717, 1.165) is 0 Å². The highest BCUT2D eigenvalue weighted by Crippen LogP contribution is 2.24. The summed E-state index contributed by atoms with van der Waals surface area (Å²) in [5.74, 6) is 0.544. The van der Waals surface area contributed by atoms with Gasteiger partial charge in [0.05, 0.1) is 18.6 Å². The summed E-state index contributed by atoms with van der Waals surface area (Å²) in [6.07, 6.45) is 0. The molecule has 0 spiro atoms. The van der Waals surface area contributed by atoms with Gasteiger partial charge < -0.3 is 20.4 Å². The molecule has 0 saturated carbocycles. The molecule has 0 aromatic heterocycles. The van der Waals surface area contributed by atoms with Gasteiger partial charge in [-0.25, -0.2) is 0 Å². The Morgan fingerprint density at radius 2 is 1.92 bits per heavy atom. The van der Waals surface area contributed by atoms with Crippen LogP contribution in [0.15, 0.2) is 4.99 Å². The fourth-order valence-corrected chi connectivity index (χ4v) is 3.27. The summed E-state index contributed by atoms with van der Waals surface area (Å²) >= 11 is 0. The van der Waals surface area contributed by atoms with E-state index in [1.54, 1.807) is 7.05 Å². The molecule has 138 valence electrons. The lowest BCUT2D eigenvalue weighted by atomic mass is 9.96. The van der Waals surface area contributed by atoms with Gasteiger partial charge in [0.15, 0.2) is 5.96 Å². The number of hydrogen-bond donors (Lipinski definition) is 2. The summed E-state index contributed by atoms with van der Waals surface area (Å²) in [6.45, 7) is 15.0. The van der Waals surface area contributed by atoms with Crippen LogP contribution < -0.4 is 10.6 Å². The van der Waals surface area contributed by atoms with E-state index in [0.29, 0.717) is 12.5 Å². The molecule has 1 aliphatic heterocycles. The number of piperazine rings is 1. The average molecular weight is 339 g/mol. The zero-order valence-electron chi connectivity index (χ0n) is 16.4. The van der Waals surface area contributed by atoms with E-state index in [1.165, 1.54) is 0 Å². The minimum atomic E-state index is -0.297. The normalized spacial score (nSPS) is 18.9. The molecule has 0 radical (unpaired) electrons. The van der Waals surface area contributed by atoms with Crippen LogP contribution in [0.1, 0.15) is 48.5 Å². The van der Waals surface area contributed by atoms with Crippen LogP contribution in [0.2, 0.25) is 0 Å².